The molecule has 0 aliphatic carbocycles. The number of hydrogen-bond acceptors (Lipinski definition) is 3. The van der Waals surface area contributed by atoms with Crippen LogP contribution in [0, 0.1) is 0 Å². The minimum Gasteiger partial charge on any atom is -0.493 e. The molecule has 0 aromatic heterocycles. The molecule has 2 rings (SSSR count). The van der Waals surface area contributed by atoms with Crippen molar-refractivity contribution in [1.82, 2.24) is 0 Å². The highest BCUT2D eigenvalue weighted by atomic mass is 79.9. The zero-order valence-corrected chi connectivity index (χ0v) is 14.1. The third kappa shape index (κ3) is 2.95. The normalized spacial score (nSPS) is 12.0. The molecular formula is C13H12Br2O3S. The second kappa shape index (κ2) is 5.81. The van der Waals surface area contributed by atoms with Crippen LogP contribution < -0.4 is 4.74 Å². The van der Waals surface area contributed by atoms with Gasteiger partial charge in [0.15, 0.2) is 3.07 Å². The van der Waals surface area contributed by atoms with E-state index in [0.717, 1.165) is 10.8 Å². The van der Waals surface area contributed by atoms with Gasteiger partial charge in [0.1, 0.15) is 5.75 Å². The Hall–Kier alpha value is -0.590. The third-order valence-electron chi connectivity index (χ3n) is 2.66. The third-order valence-corrected chi connectivity index (χ3v) is 6.98. The molecule has 6 heteroatoms. The molecule has 0 aliphatic rings. The summed E-state index contributed by atoms with van der Waals surface area (Å²) < 4.78 is 29.1. The van der Waals surface area contributed by atoms with Gasteiger partial charge in [0.2, 0.25) is 9.84 Å². The molecule has 102 valence electrons. The Morgan fingerprint density at radius 3 is 2.53 bits per heavy atom. The largest absolute Gasteiger partial charge is 0.493 e. The quantitative estimate of drug-likeness (QED) is 0.717. The second-order valence-corrected chi connectivity index (χ2v) is 10.2. The van der Waals surface area contributed by atoms with E-state index in [9.17, 15) is 8.42 Å². The standard InChI is InChI=1S/C13H12Br2O3S/c1-2-18-12-8-10(19(16,17)13(14)15)7-9-5-3-4-6-11(9)12/h3-8,13H,2H2,1H3. The predicted octanol–water partition coefficient (Wildman–Crippen LogP) is 4.09. The van der Waals surface area contributed by atoms with Gasteiger partial charge < -0.3 is 4.74 Å². The molecule has 0 heterocycles. The van der Waals surface area contributed by atoms with Gasteiger partial charge in [-0.3, -0.25) is 0 Å². The van der Waals surface area contributed by atoms with Gasteiger partial charge in [-0.15, -0.1) is 0 Å². The van der Waals surface area contributed by atoms with Gasteiger partial charge in [0.05, 0.1) is 11.5 Å². The van der Waals surface area contributed by atoms with Crippen LogP contribution >= 0.6 is 31.9 Å². The zero-order valence-electron chi connectivity index (χ0n) is 10.1. The average molecular weight is 408 g/mol. The van der Waals surface area contributed by atoms with Gasteiger partial charge in [-0.25, -0.2) is 8.42 Å². The van der Waals surface area contributed by atoms with Crippen LogP contribution in [0.5, 0.6) is 5.75 Å². The molecule has 0 atom stereocenters. The molecule has 0 spiro atoms. The molecule has 2 aromatic carbocycles. The molecule has 0 saturated carbocycles. The van der Waals surface area contributed by atoms with Gasteiger partial charge >= 0.3 is 0 Å². The number of hydrogen-bond donors (Lipinski definition) is 0. The van der Waals surface area contributed by atoms with E-state index in [1.54, 1.807) is 12.1 Å². The van der Waals surface area contributed by atoms with Crippen molar-refractivity contribution in [2.45, 2.75) is 14.9 Å². The summed E-state index contributed by atoms with van der Waals surface area (Å²) in [4.78, 5) is 0.230. The van der Waals surface area contributed by atoms with Gasteiger partial charge in [-0.2, -0.15) is 0 Å². The van der Waals surface area contributed by atoms with Crippen molar-refractivity contribution >= 4 is 52.5 Å². The van der Waals surface area contributed by atoms with Gasteiger partial charge in [0, 0.05) is 5.39 Å². The molecule has 2 aromatic rings. The van der Waals surface area contributed by atoms with E-state index < -0.39 is 12.9 Å². The van der Waals surface area contributed by atoms with E-state index in [1.807, 2.05) is 31.2 Å². The number of halogens is 2. The lowest BCUT2D eigenvalue weighted by Gasteiger charge is -2.11. The number of ether oxygens (including phenoxy) is 1. The second-order valence-electron chi connectivity index (χ2n) is 3.88. The first-order valence-electron chi connectivity index (χ1n) is 5.64. The molecule has 0 aliphatic heterocycles. The van der Waals surface area contributed by atoms with Crippen LogP contribution in [0.4, 0.5) is 0 Å². The first kappa shape index (κ1) is 14.8. The minimum atomic E-state index is -3.46. The summed E-state index contributed by atoms with van der Waals surface area (Å²) in [7, 11) is -3.46. The van der Waals surface area contributed by atoms with Crippen LogP contribution in [0.15, 0.2) is 41.3 Å². The van der Waals surface area contributed by atoms with Crippen molar-refractivity contribution in [3.8, 4) is 5.75 Å². The summed E-state index contributed by atoms with van der Waals surface area (Å²) in [5, 5.41) is 1.75. The van der Waals surface area contributed by atoms with E-state index in [0.29, 0.717) is 12.4 Å². The van der Waals surface area contributed by atoms with Crippen LogP contribution in [0.2, 0.25) is 0 Å². The number of alkyl halides is 2. The van der Waals surface area contributed by atoms with E-state index in [-0.39, 0.29) is 4.90 Å². The van der Waals surface area contributed by atoms with E-state index in [2.05, 4.69) is 31.9 Å². The lowest BCUT2D eigenvalue weighted by Crippen LogP contribution is -2.09. The zero-order chi connectivity index (χ0) is 14.0. The Kier molecular flexibility index (Phi) is 4.53. The van der Waals surface area contributed by atoms with Gasteiger partial charge in [-0.1, -0.05) is 56.1 Å². The highest BCUT2D eigenvalue weighted by molar-refractivity contribution is 9.27. The number of benzene rings is 2. The summed E-state index contributed by atoms with van der Waals surface area (Å²) in [5.74, 6) is 0.583. The summed E-state index contributed by atoms with van der Waals surface area (Å²) in [6.45, 7) is 2.35. The summed E-state index contributed by atoms with van der Waals surface area (Å²) in [5.41, 5.74) is 0. The van der Waals surface area contributed by atoms with E-state index in [1.165, 1.54) is 0 Å². The fourth-order valence-corrected chi connectivity index (χ4v) is 3.85. The van der Waals surface area contributed by atoms with Crippen LogP contribution in [-0.4, -0.2) is 18.1 Å². The number of sulfone groups is 1. The van der Waals surface area contributed by atoms with Crippen LogP contribution in [0.25, 0.3) is 10.8 Å². The molecule has 3 nitrogen and oxygen atoms in total. The summed E-state index contributed by atoms with van der Waals surface area (Å²) in [6, 6.07) is 10.8. The predicted molar refractivity (Wildman–Crippen MR) is 83.9 cm³/mol. The Morgan fingerprint density at radius 1 is 1.21 bits per heavy atom. The van der Waals surface area contributed by atoms with Crippen molar-refractivity contribution in [3.63, 3.8) is 0 Å². The highest BCUT2D eigenvalue weighted by Gasteiger charge is 2.23. The van der Waals surface area contributed by atoms with E-state index >= 15 is 0 Å². The molecule has 0 N–H and O–H groups in total. The fraction of sp³-hybridized carbons (Fsp3) is 0.231. The lowest BCUT2D eigenvalue weighted by molar-refractivity contribution is 0.343. The SMILES string of the molecule is CCOc1cc(S(=O)(=O)C(Br)Br)cc2ccccc12. The first-order valence-corrected chi connectivity index (χ1v) is 9.02. The summed E-state index contributed by atoms with van der Waals surface area (Å²) in [6.07, 6.45) is 0. The fourth-order valence-electron chi connectivity index (χ4n) is 1.79. The Balaban J connectivity index is 2.72. The average Bonchev–Trinajstić information content (AvgIpc) is 2.38. The maximum absolute atomic E-state index is 12.2. The lowest BCUT2D eigenvalue weighted by atomic mass is 10.1. The Morgan fingerprint density at radius 2 is 1.89 bits per heavy atom. The first-order chi connectivity index (χ1) is 8.96. The van der Waals surface area contributed by atoms with Crippen LogP contribution in [0.1, 0.15) is 6.92 Å². The van der Waals surface area contributed by atoms with Gasteiger partial charge in [-0.05, 0) is 24.4 Å². The summed E-state index contributed by atoms with van der Waals surface area (Å²) >= 11 is 6.10. The molecule has 0 saturated heterocycles. The topological polar surface area (TPSA) is 43.4 Å². The molecule has 0 fully saturated rings. The molecule has 0 unspecified atom stereocenters. The molecular weight excluding hydrogens is 396 g/mol. The molecule has 0 bridgehead atoms. The van der Waals surface area contributed by atoms with Crippen LogP contribution in [-0.2, 0) is 9.84 Å². The van der Waals surface area contributed by atoms with Crippen molar-refractivity contribution in [2.75, 3.05) is 6.61 Å². The Labute approximate surface area is 129 Å². The molecule has 19 heavy (non-hydrogen) atoms. The number of rotatable bonds is 4. The van der Waals surface area contributed by atoms with Crippen molar-refractivity contribution in [1.29, 1.82) is 0 Å². The Bertz CT molecular complexity index is 696. The van der Waals surface area contributed by atoms with Crippen molar-refractivity contribution < 1.29 is 13.2 Å². The monoisotopic (exact) mass is 406 g/mol. The smallest absolute Gasteiger partial charge is 0.201 e. The maximum Gasteiger partial charge on any atom is 0.201 e. The van der Waals surface area contributed by atoms with Crippen molar-refractivity contribution in [2.24, 2.45) is 0 Å². The molecule has 0 amide bonds. The highest BCUT2D eigenvalue weighted by Crippen LogP contribution is 2.33. The molecule has 0 radical (unpaired) electrons. The van der Waals surface area contributed by atoms with E-state index in [4.69, 9.17) is 4.74 Å². The van der Waals surface area contributed by atoms with Crippen LogP contribution in [0.3, 0.4) is 0 Å². The van der Waals surface area contributed by atoms with Gasteiger partial charge in [0.25, 0.3) is 0 Å². The number of fused-ring (bicyclic) bond motifs is 1. The maximum atomic E-state index is 12.2. The minimum absolute atomic E-state index is 0.230. The van der Waals surface area contributed by atoms with Crippen molar-refractivity contribution in [3.05, 3.63) is 36.4 Å².